The molecular weight excluding hydrogens is 471 g/mol. The van der Waals surface area contributed by atoms with Gasteiger partial charge in [-0.25, -0.2) is 9.78 Å². The molecule has 0 N–H and O–H groups in total. The Morgan fingerprint density at radius 3 is 2.38 bits per heavy atom. The molecule has 2 heterocycles. The van der Waals surface area contributed by atoms with Crippen molar-refractivity contribution < 1.29 is 19.1 Å². The normalized spacial score (nSPS) is 14.1. The second kappa shape index (κ2) is 9.10. The Morgan fingerprint density at radius 1 is 1.09 bits per heavy atom. The van der Waals surface area contributed by atoms with E-state index in [9.17, 15) is 14.4 Å². The molecule has 0 spiro atoms. The van der Waals surface area contributed by atoms with Crippen LogP contribution in [0.3, 0.4) is 0 Å². The van der Waals surface area contributed by atoms with Crippen LogP contribution in [0, 0.1) is 6.92 Å². The van der Waals surface area contributed by atoms with Gasteiger partial charge in [0.25, 0.3) is 11.8 Å². The van der Waals surface area contributed by atoms with E-state index in [1.54, 1.807) is 43.3 Å². The summed E-state index contributed by atoms with van der Waals surface area (Å²) < 4.78 is 5.69. The number of carbonyl (C=O) groups is 3. The molecule has 4 rings (SSSR count). The minimum Gasteiger partial charge on any atom is -0.421 e. The Kier molecular flexibility index (Phi) is 6.42. The second-order valence-electron chi connectivity index (χ2n) is 7.26. The highest BCUT2D eigenvalue weighted by Crippen LogP contribution is 2.38. The smallest absolute Gasteiger partial charge is 0.334 e. The van der Waals surface area contributed by atoms with Crippen molar-refractivity contribution in [2.24, 2.45) is 0 Å². The van der Waals surface area contributed by atoms with Crippen molar-refractivity contribution in [1.82, 2.24) is 9.88 Å². The van der Waals surface area contributed by atoms with Gasteiger partial charge in [-0.2, -0.15) is 11.8 Å². The summed E-state index contributed by atoms with van der Waals surface area (Å²) in [6, 6.07) is 10.4. The predicted octanol–water partition coefficient (Wildman–Crippen LogP) is 5.17. The summed E-state index contributed by atoms with van der Waals surface area (Å²) in [4.78, 5) is 44.7. The third kappa shape index (κ3) is 3.96. The number of esters is 1. The van der Waals surface area contributed by atoms with E-state index in [1.807, 2.05) is 6.26 Å². The van der Waals surface area contributed by atoms with E-state index in [1.165, 1.54) is 17.8 Å². The summed E-state index contributed by atoms with van der Waals surface area (Å²) in [7, 11) is 0. The van der Waals surface area contributed by atoms with Crippen molar-refractivity contribution in [3.05, 3.63) is 69.3 Å². The van der Waals surface area contributed by atoms with Crippen LogP contribution in [0.5, 0.6) is 5.75 Å². The number of hydrogen-bond acceptors (Lipinski definition) is 6. The molecule has 0 saturated heterocycles. The van der Waals surface area contributed by atoms with Crippen LogP contribution in [0.15, 0.2) is 42.5 Å². The van der Waals surface area contributed by atoms with Gasteiger partial charge in [-0.15, -0.1) is 0 Å². The number of carbonyl (C=O) groups excluding carboxylic acids is 3. The molecule has 164 valence electrons. The molecule has 3 aromatic rings. The van der Waals surface area contributed by atoms with Crippen LogP contribution >= 0.6 is 35.0 Å². The Bertz CT molecular complexity index is 1230. The van der Waals surface area contributed by atoms with Gasteiger partial charge < -0.3 is 4.74 Å². The number of aromatic nitrogens is 1. The number of imide groups is 1. The van der Waals surface area contributed by atoms with Crippen LogP contribution < -0.4 is 4.74 Å². The lowest BCUT2D eigenvalue weighted by molar-refractivity contribution is -0.138. The minimum atomic E-state index is -1.11. The predicted molar refractivity (Wildman–Crippen MR) is 126 cm³/mol. The number of ether oxygens (including phenoxy) is 1. The second-order valence-corrected chi connectivity index (χ2v) is 9.06. The van der Waals surface area contributed by atoms with Crippen molar-refractivity contribution in [3.8, 4) is 5.75 Å². The molecule has 0 aliphatic carbocycles. The molecule has 6 nitrogen and oxygen atoms in total. The molecule has 32 heavy (non-hydrogen) atoms. The summed E-state index contributed by atoms with van der Waals surface area (Å²) in [6.07, 6.45) is 2.11. The number of pyridine rings is 1. The summed E-state index contributed by atoms with van der Waals surface area (Å²) in [5, 5.41) is 1.06. The number of fused-ring (bicyclic) bond motifs is 2. The number of halogens is 2. The maximum Gasteiger partial charge on any atom is 0.334 e. The summed E-state index contributed by atoms with van der Waals surface area (Å²) in [5.74, 6) is -1.21. The molecule has 1 aliphatic heterocycles. The van der Waals surface area contributed by atoms with Crippen LogP contribution in [0.1, 0.15) is 32.8 Å². The first kappa shape index (κ1) is 22.6. The quantitative estimate of drug-likeness (QED) is 0.270. The Balaban J connectivity index is 1.73. The van der Waals surface area contributed by atoms with E-state index in [0.29, 0.717) is 27.4 Å². The molecular formula is C23H18Cl2N2O4S. The first-order valence-corrected chi connectivity index (χ1v) is 11.9. The fraction of sp³-hybridized carbons (Fsp3) is 0.217. The monoisotopic (exact) mass is 488 g/mol. The summed E-state index contributed by atoms with van der Waals surface area (Å²) in [6.45, 7) is 1.79. The minimum absolute atomic E-state index is 0.0468. The van der Waals surface area contributed by atoms with E-state index >= 15 is 0 Å². The zero-order valence-electron chi connectivity index (χ0n) is 17.2. The zero-order valence-corrected chi connectivity index (χ0v) is 19.6. The molecule has 0 bridgehead atoms. The van der Waals surface area contributed by atoms with Crippen molar-refractivity contribution >= 4 is 63.7 Å². The summed E-state index contributed by atoms with van der Waals surface area (Å²) in [5.41, 5.74) is 1.56. The first-order valence-electron chi connectivity index (χ1n) is 9.76. The fourth-order valence-electron chi connectivity index (χ4n) is 3.63. The number of nitrogens with zero attached hydrogens (tertiary/aromatic N) is 2. The molecule has 1 aromatic heterocycles. The van der Waals surface area contributed by atoms with Crippen LogP contribution in [0.4, 0.5) is 0 Å². The Labute approximate surface area is 198 Å². The van der Waals surface area contributed by atoms with Gasteiger partial charge in [0.2, 0.25) is 0 Å². The van der Waals surface area contributed by atoms with Crippen molar-refractivity contribution in [3.63, 3.8) is 0 Å². The van der Waals surface area contributed by atoms with Crippen LogP contribution in [-0.2, 0) is 4.79 Å². The molecule has 2 amide bonds. The van der Waals surface area contributed by atoms with Crippen LogP contribution in [0.2, 0.25) is 10.0 Å². The maximum atomic E-state index is 13.3. The van der Waals surface area contributed by atoms with Gasteiger partial charge in [0.15, 0.2) is 5.75 Å². The van der Waals surface area contributed by atoms with Crippen molar-refractivity contribution in [1.29, 1.82) is 0 Å². The largest absolute Gasteiger partial charge is 0.421 e. The molecule has 0 fully saturated rings. The van der Waals surface area contributed by atoms with E-state index in [4.69, 9.17) is 27.9 Å². The van der Waals surface area contributed by atoms with Gasteiger partial charge >= 0.3 is 5.97 Å². The lowest BCUT2D eigenvalue weighted by atomic mass is 10.1. The average molecular weight is 489 g/mol. The van der Waals surface area contributed by atoms with Gasteiger partial charge in [-0.3, -0.25) is 14.5 Å². The third-order valence-electron chi connectivity index (χ3n) is 5.18. The highest BCUT2D eigenvalue weighted by atomic mass is 35.5. The number of hydrogen-bond donors (Lipinski definition) is 0. The number of thioether (sulfide) groups is 1. The van der Waals surface area contributed by atoms with E-state index in [-0.39, 0.29) is 28.3 Å². The highest BCUT2D eigenvalue weighted by Gasteiger charge is 2.43. The topological polar surface area (TPSA) is 76.6 Å². The van der Waals surface area contributed by atoms with Gasteiger partial charge in [-0.1, -0.05) is 35.3 Å². The Hall–Kier alpha value is -2.61. The molecule has 2 aromatic carbocycles. The van der Waals surface area contributed by atoms with Crippen LogP contribution in [-0.4, -0.2) is 45.7 Å². The fourth-order valence-corrected chi connectivity index (χ4v) is 4.64. The SMILES string of the molecule is CSCC[C@H](C(=O)Oc1c(Cl)cc(Cl)c2ccc(C)nc12)N1C(=O)c2ccccc2C1=O. The van der Waals surface area contributed by atoms with E-state index in [0.717, 1.165) is 4.90 Å². The standard InChI is InChI=1S/C23H18Cl2N2O4S/c1-12-7-8-15-16(24)11-17(25)20(19(15)26-12)31-23(30)18(9-10-32-2)27-21(28)13-5-3-4-6-14(13)22(27)29/h3-8,11,18H,9-10H2,1-2H3/t18-/m1/s1. The maximum absolute atomic E-state index is 13.3. The van der Waals surface area contributed by atoms with Gasteiger partial charge in [-0.05, 0) is 55.7 Å². The average Bonchev–Trinajstić information content (AvgIpc) is 3.02. The zero-order chi connectivity index (χ0) is 23.0. The molecule has 0 saturated carbocycles. The molecule has 1 atom stereocenters. The molecule has 0 radical (unpaired) electrons. The molecule has 9 heteroatoms. The van der Waals surface area contributed by atoms with Crippen molar-refractivity contribution in [2.75, 3.05) is 12.0 Å². The van der Waals surface area contributed by atoms with Gasteiger partial charge in [0, 0.05) is 11.1 Å². The van der Waals surface area contributed by atoms with Crippen molar-refractivity contribution in [2.45, 2.75) is 19.4 Å². The van der Waals surface area contributed by atoms with Gasteiger partial charge in [0.05, 0.1) is 21.2 Å². The number of aryl methyl sites for hydroxylation is 1. The third-order valence-corrected chi connectivity index (χ3v) is 6.42. The van der Waals surface area contributed by atoms with E-state index < -0.39 is 23.8 Å². The molecule has 1 aliphatic rings. The number of amides is 2. The summed E-state index contributed by atoms with van der Waals surface area (Å²) >= 11 is 14.1. The lowest BCUT2D eigenvalue weighted by Gasteiger charge is -2.24. The first-order chi connectivity index (χ1) is 15.3. The number of benzene rings is 2. The molecule has 0 unspecified atom stereocenters. The highest BCUT2D eigenvalue weighted by molar-refractivity contribution is 7.98. The van der Waals surface area contributed by atoms with E-state index in [2.05, 4.69) is 4.98 Å². The Morgan fingerprint density at radius 2 is 1.75 bits per heavy atom. The van der Waals surface area contributed by atoms with Gasteiger partial charge in [0.1, 0.15) is 11.6 Å². The lowest BCUT2D eigenvalue weighted by Crippen LogP contribution is -2.47. The number of rotatable bonds is 6. The van der Waals surface area contributed by atoms with Crippen LogP contribution in [0.25, 0.3) is 10.9 Å².